The summed E-state index contributed by atoms with van der Waals surface area (Å²) < 4.78 is 0. The van der Waals surface area contributed by atoms with Crippen LogP contribution in [0.1, 0.15) is 40.5 Å². The highest BCUT2D eigenvalue weighted by atomic mass is 32.1. The van der Waals surface area contributed by atoms with Crippen molar-refractivity contribution in [2.45, 2.75) is 25.2 Å². The van der Waals surface area contributed by atoms with Crippen molar-refractivity contribution >= 4 is 17.2 Å². The van der Waals surface area contributed by atoms with Crippen LogP contribution < -0.4 is 5.32 Å². The molecule has 0 bridgehead atoms. The monoisotopic (exact) mass is 261 g/mol. The molecular formula is C13H15N3OS. The minimum absolute atomic E-state index is 0.0895. The quantitative estimate of drug-likeness (QED) is 0.867. The fourth-order valence-corrected chi connectivity index (χ4v) is 2.61. The molecule has 3 rings (SSSR count). The number of aromatic nitrogens is 2. The van der Waals surface area contributed by atoms with Crippen LogP contribution in [0.4, 0.5) is 0 Å². The summed E-state index contributed by atoms with van der Waals surface area (Å²) >= 11 is 1.68. The average Bonchev–Trinajstić information content (AvgIpc) is 2.92. The lowest BCUT2D eigenvalue weighted by molar-refractivity contribution is 0.0949. The fourth-order valence-electron chi connectivity index (χ4n) is 1.90. The standard InChI is InChI=1S/C13H15N3OS/c17-13(14-5-3-9-4-6-18-8-9)12-7-11(15-16-12)10-1-2-10/h4,6-8,10H,1-3,5H2,(H,14,17)(H,15,16). The van der Waals surface area contributed by atoms with Gasteiger partial charge >= 0.3 is 0 Å². The maximum absolute atomic E-state index is 11.8. The van der Waals surface area contributed by atoms with Crippen molar-refractivity contribution in [3.63, 3.8) is 0 Å². The molecule has 0 spiro atoms. The first-order chi connectivity index (χ1) is 8.83. The molecule has 2 N–H and O–H groups in total. The molecule has 4 nitrogen and oxygen atoms in total. The molecule has 0 atom stereocenters. The van der Waals surface area contributed by atoms with Gasteiger partial charge in [-0.1, -0.05) is 0 Å². The number of nitrogens with one attached hydrogen (secondary N) is 2. The lowest BCUT2D eigenvalue weighted by Crippen LogP contribution is -2.25. The molecule has 1 amide bonds. The largest absolute Gasteiger partial charge is 0.350 e. The molecule has 18 heavy (non-hydrogen) atoms. The highest BCUT2D eigenvalue weighted by Gasteiger charge is 2.26. The molecular weight excluding hydrogens is 246 g/mol. The number of carbonyl (C=O) groups is 1. The van der Waals surface area contributed by atoms with Gasteiger partial charge in [0.05, 0.1) is 0 Å². The highest BCUT2D eigenvalue weighted by Crippen LogP contribution is 2.38. The van der Waals surface area contributed by atoms with Crippen LogP contribution >= 0.6 is 11.3 Å². The van der Waals surface area contributed by atoms with Gasteiger partial charge in [0.2, 0.25) is 0 Å². The number of hydrogen-bond acceptors (Lipinski definition) is 3. The number of carbonyl (C=O) groups excluding carboxylic acids is 1. The summed E-state index contributed by atoms with van der Waals surface area (Å²) in [5.74, 6) is 0.512. The Hall–Kier alpha value is -1.62. The van der Waals surface area contributed by atoms with E-state index >= 15 is 0 Å². The zero-order valence-corrected chi connectivity index (χ0v) is 10.8. The number of hydrogen-bond donors (Lipinski definition) is 2. The number of amides is 1. The molecule has 1 fully saturated rings. The minimum atomic E-state index is -0.0895. The van der Waals surface area contributed by atoms with Gasteiger partial charge in [0.15, 0.2) is 0 Å². The number of thiophene rings is 1. The van der Waals surface area contributed by atoms with Crippen molar-refractivity contribution in [2.75, 3.05) is 6.54 Å². The van der Waals surface area contributed by atoms with E-state index < -0.39 is 0 Å². The molecule has 0 radical (unpaired) electrons. The van der Waals surface area contributed by atoms with Gasteiger partial charge < -0.3 is 5.32 Å². The summed E-state index contributed by atoms with van der Waals surface area (Å²) in [5, 5.41) is 14.0. The second-order valence-electron chi connectivity index (χ2n) is 4.62. The van der Waals surface area contributed by atoms with Crippen LogP contribution in [0.2, 0.25) is 0 Å². The van der Waals surface area contributed by atoms with E-state index in [2.05, 4.69) is 27.0 Å². The van der Waals surface area contributed by atoms with E-state index in [0.29, 0.717) is 18.2 Å². The molecule has 2 heterocycles. The van der Waals surface area contributed by atoms with Crippen LogP contribution in [-0.4, -0.2) is 22.6 Å². The summed E-state index contributed by atoms with van der Waals surface area (Å²) in [7, 11) is 0. The van der Waals surface area contributed by atoms with E-state index in [1.807, 2.05) is 11.4 Å². The third kappa shape index (κ3) is 2.61. The van der Waals surface area contributed by atoms with Gasteiger partial charge in [-0.05, 0) is 47.7 Å². The molecule has 94 valence electrons. The normalized spacial score (nSPS) is 14.7. The fraction of sp³-hybridized carbons (Fsp3) is 0.385. The molecule has 2 aromatic heterocycles. The first-order valence-corrected chi connectivity index (χ1v) is 7.12. The van der Waals surface area contributed by atoms with Gasteiger partial charge in [-0.15, -0.1) is 0 Å². The van der Waals surface area contributed by atoms with Gasteiger partial charge in [0.25, 0.3) is 5.91 Å². The molecule has 0 saturated heterocycles. The van der Waals surface area contributed by atoms with Crippen molar-refractivity contribution in [1.82, 2.24) is 15.5 Å². The Balaban J connectivity index is 1.50. The smallest absolute Gasteiger partial charge is 0.271 e. The van der Waals surface area contributed by atoms with Crippen LogP contribution in [0.25, 0.3) is 0 Å². The molecule has 0 aromatic carbocycles. The zero-order chi connectivity index (χ0) is 12.4. The van der Waals surface area contributed by atoms with Crippen LogP contribution in [-0.2, 0) is 6.42 Å². The van der Waals surface area contributed by atoms with Gasteiger partial charge in [-0.2, -0.15) is 16.4 Å². The first-order valence-electron chi connectivity index (χ1n) is 6.17. The van der Waals surface area contributed by atoms with Crippen molar-refractivity contribution in [3.8, 4) is 0 Å². The molecule has 0 unspecified atom stereocenters. The van der Waals surface area contributed by atoms with Crippen LogP contribution in [0, 0.1) is 0 Å². The Morgan fingerprint density at radius 2 is 2.44 bits per heavy atom. The zero-order valence-electron chi connectivity index (χ0n) is 9.98. The predicted octanol–water partition coefficient (Wildman–Crippen LogP) is 2.32. The Labute approximate surface area is 109 Å². The van der Waals surface area contributed by atoms with Crippen LogP contribution in [0.3, 0.4) is 0 Å². The van der Waals surface area contributed by atoms with Gasteiger partial charge in [-0.25, -0.2) is 0 Å². The van der Waals surface area contributed by atoms with Crippen molar-refractivity contribution < 1.29 is 4.79 Å². The average molecular weight is 261 g/mol. The van der Waals surface area contributed by atoms with Crippen LogP contribution in [0.15, 0.2) is 22.9 Å². The van der Waals surface area contributed by atoms with Gasteiger partial charge in [0.1, 0.15) is 5.69 Å². The summed E-state index contributed by atoms with van der Waals surface area (Å²) in [6, 6.07) is 3.95. The maximum atomic E-state index is 11.8. The van der Waals surface area contributed by atoms with Gasteiger partial charge in [-0.3, -0.25) is 9.89 Å². The minimum Gasteiger partial charge on any atom is -0.350 e. The lowest BCUT2D eigenvalue weighted by atomic mass is 10.2. The SMILES string of the molecule is O=C(NCCc1ccsc1)c1cc(C2CC2)[nH]n1. The van der Waals surface area contributed by atoms with Gasteiger partial charge in [0, 0.05) is 18.2 Å². The predicted molar refractivity (Wildman–Crippen MR) is 70.9 cm³/mol. The number of nitrogens with zero attached hydrogens (tertiary/aromatic N) is 1. The molecule has 1 aliphatic carbocycles. The maximum Gasteiger partial charge on any atom is 0.271 e. The Morgan fingerprint density at radius 3 is 3.17 bits per heavy atom. The Bertz CT molecular complexity index is 528. The lowest BCUT2D eigenvalue weighted by Gasteiger charge is -2.01. The first kappa shape index (κ1) is 11.5. The third-order valence-corrected chi connectivity index (χ3v) is 3.86. The number of H-pyrrole nitrogens is 1. The molecule has 5 heteroatoms. The molecule has 0 aliphatic heterocycles. The van der Waals surface area contributed by atoms with E-state index in [-0.39, 0.29) is 5.91 Å². The van der Waals surface area contributed by atoms with E-state index in [4.69, 9.17) is 0 Å². The summed E-state index contributed by atoms with van der Waals surface area (Å²) in [6.45, 7) is 0.654. The summed E-state index contributed by atoms with van der Waals surface area (Å²) in [5.41, 5.74) is 2.86. The number of aromatic amines is 1. The topological polar surface area (TPSA) is 57.8 Å². The third-order valence-electron chi connectivity index (χ3n) is 3.13. The highest BCUT2D eigenvalue weighted by molar-refractivity contribution is 7.07. The van der Waals surface area contributed by atoms with Crippen molar-refractivity contribution in [2.24, 2.45) is 0 Å². The van der Waals surface area contributed by atoms with E-state index in [0.717, 1.165) is 12.1 Å². The Kier molecular flexibility index (Phi) is 3.15. The van der Waals surface area contributed by atoms with Crippen molar-refractivity contribution in [3.05, 3.63) is 39.8 Å². The molecule has 1 aliphatic rings. The van der Waals surface area contributed by atoms with E-state index in [1.54, 1.807) is 11.3 Å². The second-order valence-corrected chi connectivity index (χ2v) is 5.40. The van der Waals surface area contributed by atoms with Crippen LogP contribution in [0.5, 0.6) is 0 Å². The number of rotatable bonds is 5. The summed E-state index contributed by atoms with van der Waals surface area (Å²) in [4.78, 5) is 11.8. The second kappa shape index (κ2) is 4.94. The summed E-state index contributed by atoms with van der Waals surface area (Å²) in [6.07, 6.45) is 3.29. The van der Waals surface area contributed by atoms with E-state index in [9.17, 15) is 4.79 Å². The molecule has 1 saturated carbocycles. The molecule has 2 aromatic rings. The Morgan fingerprint density at radius 1 is 1.56 bits per heavy atom. The van der Waals surface area contributed by atoms with Crippen molar-refractivity contribution in [1.29, 1.82) is 0 Å². The van der Waals surface area contributed by atoms with E-state index in [1.165, 1.54) is 18.4 Å².